The van der Waals surface area contributed by atoms with Crippen molar-refractivity contribution in [2.75, 3.05) is 13.7 Å². The Labute approximate surface area is 139 Å². The van der Waals surface area contributed by atoms with Crippen LogP contribution in [-0.4, -0.2) is 40.3 Å². The molecule has 0 spiro atoms. The molecule has 2 heterocycles. The molecular weight excluding hydrogens is 308 g/mol. The molecule has 0 saturated heterocycles. The Morgan fingerprint density at radius 1 is 1.38 bits per heavy atom. The lowest BCUT2D eigenvalue weighted by Gasteiger charge is -2.28. The Morgan fingerprint density at radius 2 is 2.21 bits per heavy atom. The Balaban J connectivity index is 1.73. The summed E-state index contributed by atoms with van der Waals surface area (Å²) in [5, 5.41) is 0. The van der Waals surface area contributed by atoms with Crippen LogP contribution in [0.5, 0.6) is 5.75 Å². The zero-order valence-corrected chi connectivity index (χ0v) is 13.4. The molecule has 0 saturated carbocycles. The van der Waals surface area contributed by atoms with Crippen molar-refractivity contribution in [1.82, 2.24) is 14.9 Å². The third-order valence-corrected chi connectivity index (χ3v) is 4.01. The molecule has 1 aliphatic rings. The van der Waals surface area contributed by atoms with Gasteiger partial charge in [0, 0.05) is 12.7 Å². The molecule has 0 aliphatic carbocycles. The van der Waals surface area contributed by atoms with Crippen LogP contribution >= 0.6 is 0 Å². The van der Waals surface area contributed by atoms with Gasteiger partial charge in [0.05, 0.1) is 25.8 Å². The molecule has 1 aromatic heterocycles. The number of methoxy groups -OCH3 is 1. The molecule has 2 amide bonds. The van der Waals surface area contributed by atoms with Gasteiger partial charge in [-0.1, -0.05) is 12.1 Å². The standard InChI is InChI=1S/C17H18N4O3/c1-24-13-4-2-3-11(7-13)8-15(22)21-6-5-12-9-19-17(16(18)23)20-14(12)10-21/h2-4,7,9H,5-6,8,10H2,1H3,(H2,18,23). The molecule has 3 rings (SSSR count). The first-order valence-corrected chi connectivity index (χ1v) is 7.62. The fourth-order valence-electron chi connectivity index (χ4n) is 2.70. The van der Waals surface area contributed by atoms with E-state index in [-0.39, 0.29) is 11.7 Å². The maximum atomic E-state index is 12.5. The highest BCUT2D eigenvalue weighted by Crippen LogP contribution is 2.19. The Morgan fingerprint density at radius 3 is 2.96 bits per heavy atom. The van der Waals surface area contributed by atoms with Crippen molar-refractivity contribution in [2.45, 2.75) is 19.4 Å². The first kappa shape index (κ1) is 15.9. The summed E-state index contributed by atoms with van der Waals surface area (Å²) < 4.78 is 5.18. The molecule has 1 aromatic carbocycles. The fourth-order valence-corrected chi connectivity index (χ4v) is 2.70. The second-order valence-corrected chi connectivity index (χ2v) is 5.62. The number of amides is 2. The van der Waals surface area contributed by atoms with Crippen LogP contribution in [0.1, 0.15) is 27.4 Å². The van der Waals surface area contributed by atoms with E-state index in [1.54, 1.807) is 18.2 Å². The average molecular weight is 326 g/mol. The van der Waals surface area contributed by atoms with E-state index in [1.165, 1.54) is 0 Å². The molecule has 0 bridgehead atoms. The Bertz CT molecular complexity index is 791. The fraction of sp³-hybridized carbons (Fsp3) is 0.294. The highest BCUT2D eigenvalue weighted by molar-refractivity contribution is 5.88. The lowest BCUT2D eigenvalue weighted by Crippen LogP contribution is -2.38. The van der Waals surface area contributed by atoms with E-state index < -0.39 is 5.91 Å². The van der Waals surface area contributed by atoms with Crippen molar-refractivity contribution in [3.8, 4) is 5.75 Å². The maximum absolute atomic E-state index is 12.5. The minimum atomic E-state index is -0.669. The van der Waals surface area contributed by atoms with E-state index in [4.69, 9.17) is 10.5 Å². The number of fused-ring (bicyclic) bond motifs is 1. The molecule has 0 atom stereocenters. The lowest BCUT2D eigenvalue weighted by molar-refractivity contribution is -0.131. The zero-order valence-electron chi connectivity index (χ0n) is 13.4. The predicted molar refractivity (Wildman–Crippen MR) is 86.4 cm³/mol. The molecule has 2 N–H and O–H groups in total. The number of nitrogens with two attached hydrogens (primary N) is 1. The monoisotopic (exact) mass is 326 g/mol. The first-order valence-electron chi connectivity index (χ1n) is 7.62. The molecule has 0 fully saturated rings. The molecular formula is C17H18N4O3. The van der Waals surface area contributed by atoms with Crippen molar-refractivity contribution < 1.29 is 14.3 Å². The van der Waals surface area contributed by atoms with E-state index in [0.717, 1.165) is 16.9 Å². The van der Waals surface area contributed by atoms with Crippen molar-refractivity contribution >= 4 is 11.8 Å². The summed E-state index contributed by atoms with van der Waals surface area (Å²) in [6.07, 6.45) is 2.57. The molecule has 24 heavy (non-hydrogen) atoms. The van der Waals surface area contributed by atoms with E-state index in [2.05, 4.69) is 9.97 Å². The summed E-state index contributed by atoms with van der Waals surface area (Å²) >= 11 is 0. The number of hydrogen-bond acceptors (Lipinski definition) is 5. The quantitative estimate of drug-likeness (QED) is 0.892. The minimum absolute atomic E-state index is 0.00754. The maximum Gasteiger partial charge on any atom is 0.286 e. The van der Waals surface area contributed by atoms with Gasteiger partial charge in [0.2, 0.25) is 11.7 Å². The van der Waals surface area contributed by atoms with Gasteiger partial charge in [-0.3, -0.25) is 9.59 Å². The number of nitrogens with zero attached hydrogens (tertiary/aromatic N) is 3. The van der Waals surface area contributed by atoms with E-state index in [1.807, 2.05) is 24.3 Å². The van der Waals surface area contributed by atoms with Gasteiger partial charge in [0.25, 0.3) is 5.91 Å². The summed E-state index contributed by atoms with van der Waals surface area (Å²) in [7, 11) is 1.60. The summed E-state index contributed by atoms with van der Waals surface area (Å²) in [4.78, 5) is 33.6. The van der Waals surface area contributed by atoms with E-state index in [9.17, 15) is 9.59 Å². The molecule has 7 nitrogen and oxygen atoms in total. The van der Waals surface area contributed by atoms with Crippen molar-refractivity contribution in [1.29, 1.82) is 0 Å². The van der Waals surface area contributed by atoms with Crippen LogP contribution in [0.25, 0.3) is 0 Å². The normalized spacial score (nSPS) is 13.3. The van der Waals surface area contributed by atoms with Gasteiger partial charge in [-0.25, -0.2) is 9.97 Å². The highest BCUT2D eigenvalue weighted by Gasteiger charge is 2.23. The van der Waals surface area contributed by atoms with Crippen molar-refractivity contribution in [3.63, 3.8) is 0 Å². The third kappa shape index (κ3) is 3.34. The van der Waals surface area contributed by atoms with E-state index in [0.29, 0.717) is 31.6 Å². The average Bonchev–Trinajstić information content (AvgIpc) is 2.60. The van der Waals surface area contributed by atoms with Crippen LogP contribution in [0.4, 0.5) is 0 Å². The lowest BCUT2D eigenvalue weighted by atomic mass is 10.1. The number of primary amides is 1. The number of carbonyl (C=O) groups is 2. The van der Waals surface area contributed by atoms with Crippen molar-refractivity contribution in [3.05, 3.63) is 53.1 Å². The molecule has 124 valence electrons. The highest BCUT2D eigenvalue weighted by atomic mass is 16.5. The van der Waals surface area contributed by atoms with Crippen LogP contribution in [0, 0.1) is 0 Å². The van der Waals surface area contributed by atoms with Gasteiger partial charge in [-0.15, -0.1) is 0 Å². The molecule has 0 unspecified atom stereocenters. The van der Waals surface area contributed by atoms with Gasteiger partial charge >= 0.3 is 0 Å². The number of hydrogen-bond donors (Lipinski definition) is 1. The molecule has 7 heteroatoms. The summed E-state index contributed by atoms with van der Waals surface area (Å²) in [6, 6.07) is 7.45. The van der Waals surface area contributed by atoms with Crippen LogP contribution < -0.4 is 10.5 Å². The molecule has 0 radical (unpaired) electrons. The van der Waals surface area contributed by atoms with Gasteiger partial charge in [0.1, 0.15) is 5.75 Å². The topological polar surface area (TPSA) is 98.4 Å². The van der Waals surface area contributed by atoms with Crippen LogP contribution in [0.2, 0.25) is 0 Å². The second-order valence-electron chi connectivity index (χ2n) is 5.62. The molecule has 1 aliphatic heterocycles. The van der Waals surface area contributed by atoms with Gasteiger partial charge in [-0.2, -0.15) is 0 Å². The van der Waals surface area contributed by atoms with Crippen molar-refractivity contribution in [2.24, 2.45) is 5.73 Å². The number of carbonyl (C=O) groups excluding carboxylic acids is 2. The Kier molecular flexibility index (Phi) is 4.41. The summed E-state index contributed by atoms with van der Waals surface area (Å²) in [5.74, 6) is 0.0461. The van der Waals surface area contributed by atoms with Gasteiger partial charge in [-0.05, 0) is 29.7 Å². The molecule has 2 aromatic rings. The SMILES string of the molecule is COc1cccc(CC(=O)N2CCc3cnc(C(N)=O)nc3C2)c1. The Hall–Kier alpha value is -2.96. The van der Waals surface area contributed by atoms with Crippen LogP contribution in [-0.2, 0) is 24.2 Å². The number of aromatic nitrogens is 2. The smallest absolute Gasteiger partial charge is 0.286 e. The van der Waals surface area contributed by atoms with Gasteiger partial charge < -0.3 is 15.4 Å². The largest absolute Gasteiger partial charge is 0.497 e. The third-order valence-electron chi connectivity index (χ3n) is 4.01. The van der Waals surface area contributed by atoms with Crippen LogP contribution in [0.3, 0.4) is 0 Å². The van der Waals surface area contributed by atoms with Crippen LogP contribution in [0.15, 0.2) is 30.5 Å². The minimum Gasteiger partial charge on any atom is -0.497 e. The summed E-state index contributed by atoms with van der Waals surface area (Å²) in [5.41, 5.74) is 7.74. The van der Waals surface area contributed by atoms with E-state index >= 15 is 0 Å². The number of benzene rings is 1. The first-order chi connectivity index (χ1) is 11.6. The summed E-state index contributed by atoms with van der Waals surface area (Å²) in [6.45, 7) is 0.968. The van der Waals surface area contributed by atoms with Gasteiger partial charge in [0.15, 0.2) is 0 Å². The second kappa shape index (κ2) is 6.66. The number of ether oxygens (including phenoxy) is 1. The predicted octanol–water partition coefficient (Wildman–Crippen LogP) is 0.711. The zero-order chi connectivity index (χ0) is 17.1. The number of rotatable bonds is 4.